The lowest BCUT2D eigenvalue weighted by Crippen LogP contribution is -1.90. The Hall–Kier alpha value is -1.41. The number of nitrogens with zero attached hydrogens (tertiary/aromatic N) is 1. The number of aliphatic hydroxyl groups is 1. The predicted molar refractivity (Wildman–Crippen MR) is 57.0 cm³/mol. The highest BCUT2D eigenvalue weighted by molar-refractivity contribution is 5.82. The Morgan fingerprint density at radius 2 is 2.21 bits per heavy atom. The Bertz CT molecular complexity index is 451. The van der Waals surface area contributed by atoms with Crippen LogP contribution in [0.15, 0.2) is 30.5 Å². The molecule has 0 aliphatic heterocycles. The van der Waals surface area contributed by atoms with Crippen LogP contribution in [0.5, 0.6) is 0 Å². The summed E-state index contributed by atoms with van der Waals surface area (Å²) in [6, 6.07) is 8.13. The summed E-state index contributed by atoms with van der Waals surface area (Å²) in [5, 5.41) is 10.2. The smallest absolute Gasteiger partial charge is 0.0704 e. The molecule has 1 N–H and O–H groups in total. The molecular formula is C12H13NO. The molecule has 0 unspecified atom stereocenters. The topological polar surface area (TPSA) is 33.1 Å². The third-order valence-electron chi connectivity index (χ3n) is 2.44. The lowest BCUT2D eigenvalue weighted by Gasteiger charge is -2.04. The predicted octanol–water partition coefficient (Wildman–Crippen LogP) is 2.29. The lowest BCUT2D eigenvalue weighted by atomic mass is 10.1. The van der Waals surface area contributed by atoms with Crippen LogP contribution in [-0.4, -0.2) is 10.1 Å². The van der Waals surface area contributed by atoms with Crippen LogP contribution in [0.1, 0.15) is 18.1 Å². The molecule has 0 atom stereocenters. The van der Waals surface area contributed by atoms with Gasteiger partial charge in [0.05, 0.1) is 12.1 Å². The molecule has 2 nitrogen and oxygen atoms in total. The van der Waals surface area contributed by atoms with Gasteiger partial charge in [0.15, 0.2) is 0 Å². The van der Waals surface area contributed by atoms with Crippen molar-refractivity contribution in [2.45, 2.75) is 20.0 Å². The summed E-state index contributed by atoms with van der Waals surface area (Å²) in [6.07, 6.45) is 2.72. The van der Waals surface area contributed by atoms with Gasteiger partial charge in [0.25, 0.3) is 0 Å². The highest BCUT2D eigenvalue weighted by Crippen LogP contribution is 2.18. The van der Waals surface area contributed by atoms with Crippen LogP contribution < -0.4 is 0 Å². The highest BCUT2D eigenvalue weighted by Gasteiger charge is 2.00. The maximum atomic E-state index is 9.02. The first-order chi connectivity index (χ1) is 6.85. The minimum Gasteiger partial charge on any atom is -0.392 e. The van der Waals surface area contributed by atoms with Gasteiger partial charge in [-0.2, -0.15) is 0 Å². The minimum atomic E-state index is 0.0565. The number of fused-ring (bicyclic) bond motifs is 1. The fraction of sp³-hybridized carbons (Fsp3) is 0.250. The van der Waals surface area contributed by atoms with E-state index in [4.69, 9.17) is 5.11 Å². The van der Waals surface area contributed by atoms with Gasteiger partial charge in [-0.3, -0.25) is 4.98 Å². The van der Waals surface area contributed by atoms with Crippen LogP contribution in [0.2, 0.25) is 0 Å². The van der Waals surface area contributed by atoms with E-state index in [0.29, 0.717) is 0 Å². The molecule has 0 radical (unpaired) electrons. The van der Waals surface area contributed by atoms with E-state index in [1.165, 1.54) is 5.56 Å². The van der Waals surface area contributed by atoms with Crippen LogP contribution in [0.25, 0.3) is 10.9 Å². The van der Waals surface area contributed by atoms with E-state index in [0.717, 1.165) is 22.9 Å². The zero-order valence-corrected chi connectivity index (χ0v) is 8.20. The third-order valence-corrected chi connectivity index (χ3v) is 2.44. The summed E-state index contributed by atoms with van der Waals surface area (Å²) in [5.41, 5.74) is 3.16. The van der Waals surface area contributed by atoms with Gasteiger partial charge in [0.2, 0.25) is 0 Å². The van der Waals surface area contributed by atoms with Crippen LogP contribution in [0.3, 0.4) is 0 Å². The molecule has 1 heterocycles. The summed E-state index contributed by atoms with van der Waals surface area (Å²) in [5.74, 6) is 0. The van der Waals surface area contributed by atoms with Crippen molar-refractivity contribution in [3.05, 3.63) is 41.6 Å². The zero-order chi connectivity index (χ0) is 9.97. The number of rotatable bonds is 2. The Labute approximate surface area is 83.2 Å². The number of hydrogen-bond donors (Lipinski definition) is 1. The van der Waals surface area contributed by atoms with Crippen molar-refractivity contribution in [1.29, 1.82) is 0 Å². The molecule has 1 aromatic carbocycles. The van der Waals surface area contributed by atoms with Crippen molar-refractivity contribution in [3.63, 3.8) is 0 Å². The quantitative estimate of drug-likeness (QED) is 0.782. The first kappa shape index (κ1) is 9.16. The molecule has 0 bridgehead atoms. The summed E-state index contributed by atoms with van der Waals surface area (Å²) in [7, 11) is 0. The number of aryl methyl sites for hydroxylation is 1. The van der Waals surface area contributed by atoms with E-state index >= 15 is 0 Å². The lowest BCUT2D eigenvalue weighted by molar-refractivity contribution is 0.281. The van der Waals surface area contributed by atoms with Gasteiger partial charge < -0.3 is 5.11 Å². The van der Waals surface area contributed by atoms with Crippen molar-refractivity contribution in [3.8, 4) is 0 Å². The maximum Gasteiger partial charge on any atom is 0.0704 e. The second-order valence-corrected chi connectivity index (χ2v) is 3.34. The summed E-state index contributed by atoms with van der Waals surface area (Å²) >= 11 is 0. The van der Waals surface area contributed by atoms with E-state index in [1.54, 1.807) is 6.20 Å². The van der Waals surface area contributed by atoms with E-state index in [-0.39, 0.29) is 6.61 Å². The average molecular weight is 187 g/mol. The van der Waals surface area contributed by atoms with Crippen molar-refractivity contribution in [2.24, 2.45) is 0 Å². The summed E-state index contributed by atoms with van der Waals surface area (Å²) in [6.45, 7) is 2.18. The molecule has 0 saturated heterocycles. The Morgan fingerprint density at radius 3 is 2.93 bits per heavy atom. The van der Waals surface area contributed by atoms with Gasteiger partial charge in [-0.25, -0.2) is 0 Å². The number of hydrogen-bond acceptors (Lipinski definition) is 2. The molecule has 72 valence electrons. The second kappa shape index (κ2) is 3.76. The molecule has 0 aliphatic rings. The third kappa shape index (κ3) is 1.49. The minimum absolute atomic E-state index is 0.0565. The molecular weight excluding hydrogens is 174 g/mol. The molecule has 0 aliphatic carbocycles. The van der Waals surface area contributed by atoms with E-state index in [1.807, 2.05) is 18.2 Å². The molecule has 2 aromatic rings. The normalized spacial score (nSPS) is 10.7. The Balaban J connectivity index is 2.70. The van der Waals surface area contributed by atoms with Crippen molar-refractivity contribution in [2.75, 3.05) is 0 Å². The van der Waals surface area contributed by atoms with E-state index in [9.17, 15) is 0 Å². The van der Waals surface area contributed by atoms with Crippen molar-refractivity contribution < 1.29 is 5.11 Å². The molecule has 0 fully saturated rings. The van der Waals surface area contributed by atoms with Crippen LogP contribution in [0, 0.1) is 0 Å². The van der Waals surface area contributed by atoms with Gasteiger partial charge in [0, 0.05) is 11.6 Å². The average Bonchev–Trinajstić information content (AvgIpc) is 2.27. The van der Waals surface area contributed by atoms with Gasteiger partial charge in [-0.15, -0.1) is 0 Å². The largest absolute Gasteiger partial charge is 0.392 e. The molecule has 2 heteroatoms. The first-order valence-electron chi connectivity index (χ1n) is 4.82. The standard InChI is InChI=1S/C12H13NO/c1-2-10-4-3-5-12-11(10)6-9(8-14)7-13-12/h3-7,14H,2,8H2,1H3. The molecule has 2 rings (SSSR count). The molecule has 0 spiro atoms. The molecule has 0 saturated carbocycles. The number of pyridine rings is 1. The molecule has 0 amide bonds. The monoisotopic (exact) mass is 187 g/mol. The fourth-order valence-corrected chi connectivity index (χ4v) is 1.65. The van der Waals surface area contributed by atoms with Crippen LogP contribution >= 0.6 is 0 Å². The highest BCUT2D eigenvalue weighted by atomic mass is 16.3. The number of aromatic nitrogens is 1. The Morgan fingerprint density at radius 1 is 1.36 bits per heavy atom. The van der Waals surface area contributed by atoms with Crippen molar-refractivity contribution >= 4 is 10.9 Å². The fourth-order valence-electron chi connectivity index (χ4n) is 1.65. The van der Waals surface area contributed by atoms with Crippen molar-refractivity contribution in [1.82, 2.24) is 4.98 Å². The Kier molecular flexibility index (Phi) is 2.46. The van der Waals surface area contributed by atoms with Gasteiger partial charge in [-0.1, -0.05) is 19.1 Å². The summed E-state index contributed by atoms with van der Waals surface area (Å²) < 4.78 is 0. The van der Waals surface area contributed by atoms with E-state index in [2.05, 4.69) is 18.0 Å². The van der Waals surface area contributed by atoms with Gasteiger partial charge in [-0.05, 0) is 29.7 Å². The van der Waals surface area contributed by atoms with Crippen LogP contribution in [0.4, 0.5) is 0 Å². The van der Waals surface area contributed by atoms with E-state index < -0.39 is 0 Å². The first-order valence-corrected chi connectivity index (χ1v) is 4.82. The second-order valence-electron chi connectivity index (χ2n) is 3.34. The SMILES string of the molecule is CCc1cccc2ncc(CO)cc12. The van der Waals surface area contributed by atoms with Gasteiger partial charge in [0.1, 0.15) is 0 Å². The number of aliphatic hydroxyl groups excluding tert-OH is 1. The van der Waals surface area contributed by atoms with Crippen LogP contribution in [-0.2, 0) is 13.0 Å². The number of benzene rings is 1. The zero-order valence-electron chi connectivity index (χ0n) is 8.20. The molecule has 1 aromatic heterocycles. The summed E-state index contributed by atoms with van der Waals surface area (Å²) in [4.78, 5) is 4.30. The van der Waals surface area contributed by atoms with Gasteiger partial charge >= 0.3 is 0 Å². The molecule has 14 heavy (non-hydrogen) atoms. The maximum absolute atomic E-state index is 9.02.